The minimum atomic E-state index is 0.0768. The van der Waals surface area contributed by atoms with E-state index in [0.717, 1.165) is 24.1 Å². The van der Waals surface area contributed by atoms with Crippen molar-refractivity contribution in [1.29, 1.82) is 0 Å². The number of hydrogen-bond acceptors (Lipinski definition) is 2. The van der Waals surface area contributed by atoms with Crippen molar-refractivity contribution in [3.05, 3.63) is 21.4 Å². The minimum absolute atomic E-state index is 0.0768. The lowest BCUT2D eigenvalue weighted by Crippen LogP contribution is -2.24. The van der Waals surface area contributed by atoms with Crippen molar-refractivity contribution in [2.24, 2.45) is 0 Å². The number of carbonyl (C=O) groups is 1. The summed E-state index contributed by atoms with van der Waals surface area (Å²) in [6.45, 7) is 7.01. The largest absolute Gasteiger partial charge is 0.352 e. The number of unbranched alkanes of at least 4 members (excludes halogenated alkanes) is 2. The van der Waals surface area contributed by atoms with Crippen LogP contribution < -0.4 is 5.32 Å². The highest BCUT2D eigenvalue weighted by Crippen LogP contribution is 2.20. The van der Waals surface area contributed by atoms with Crippen LogP contribution in [-0.4, -0.2) is 12.5 Å². The van der Waals surface area contributed by atoms with Crippen molar-refractivity contribution in [1.82, 2.24) is 5.32 Å². The van der Waals surface area contributed by atoms with E-state index >= 15 is 0 Å². The van der Waals surface area contributed by atoms with Crippen LogP contribution in [-0.2, 0) is 0 Å². The fourth-order valence-electron chi connectivity index (χ4n) is 1.41. The summed E-state index contributed by atoms with van der Waals surface area (Å²) in [5.41, 5.74) is 1.96. The molecule has 0 atom stereocenters. The molecular formula is C12H19NOS. The first-order chi connectivity index (χ1) is 7.16. The summed E-state index contributed by atoms with van der Waals surface area (Å²) in [4.78, 5) is 13.0. The van der Waals surface area contributed by atoms with Gasteiger partial charge in [-0.3, -0.25) is 4.79 Å². The van der Waals surface area contributed by atoms with Crippen LogP contribution >= 0.6 is 11.3 Å². The molecule has 0 saturated carbocycles. The molecule has 1 aromatic rings. The quantitative estimate of drug-likeness (QED) is 0.765. The summed E-state index contributed by atoms with van der Waals surface area (Å²) < 4.78 is 0. The Labute approximate surface area is 95.7 Å². The van der Waals surface area contributed by atoms with E-state index in [-0.39, 0.29) is 5.91 Å². The van der Waals surface area contributed by atoms with Crippen LogP contribution in [0.25, 0.3) is 0 Å². The highest BCUT2D eigenvalue weighted by atomic mass is 32.1. The van der Waals surface area contributed by atoms with E-state index in [1.54, 1.807) is 11.3 Å². The summed E-state index contributed by atoms with van der Waals surface area (Å²) in [5.74, 6) is 0.0768. The second-order valence-electron chi connectivity index (χ2n) is 3.79. The monoisotopic (exact) mass is 225 g/mol. The van der Waals surface area contributed by atoms with Crippen LogP contribution in [0.5, 0.6) is 0 Å². The third-order valence-corrected chi connectivity index (χ3v) is 3.61. The van der Waals surface area contributed by atoms with Crippen LogP contribution in [0, 0.1) is 13.8 Å². The molecule has 1 amide bonds. The van der Waals surface area contributed by atoms with Gasteiger partial charge in [0.05, 0.1) is 5.56 Å². The minimum Gasteiger partial charge on any atom is -0.352 e. The van der Waals surface area contributed by atoms with Gasteiger partial charge in [0.25, 0.3) is 5.91 Å². The fourth-order valence-corrected chi connectivity index (χ4v) is 2.27. The molecule has 84 valence electrons. The van der Waals surface area contributed by atoms with Crippen LogP contribution in [0.3, 0.4) is 0 Å². The maximum absolute atomic E-state index is 11.7. The molecule has 1 N–H and O–H groups in total. The molecule has 2 nitrogen and oxygen atoms in total. The molecule has 0 aliphatic rings. The van der Waals surface area contributed by atoms with Crippen molar-refractivity contribution < 1.29 is 4.79 Å². The summed E-state index contributed by atoms with van der Waals surface area (Å²) in [6, 6.07) is 0. The molecule has 0 fully saturated rings. The summed E-state index contributed by atoms with van der Waals surface area (Å²) in [5, 5.41) is 4.90. The van der Waals surface area contributed by atoms with Gasteiger partial charge in [-0.15, -0.1) is 11.3 Å². The van der Waals surface area contributed by atoms with Gasteiger partial charge in [0, 0.05) is 16.8 Å². The zero-order valence-electron chi connectivity index (χ0n) is 9.72. The standard InChI is InChI=1S/C12H19NOS/c1-4-5-6-7-13-12(14)11-8-15-10(3)9(11)2/h8H,4-7H2,1-3H3,(H,13,14). The van der Waals surface area contributed by atoms with Gasteiger partial charge in [-0.05, 0) is 25.8 Å². The molecule has 15 heavy (non-hydrogen) atoms. The molecule has 0 aromatic carbocycles. The first kappa shape index (κ1) is 12.2. The molecule has 0 saturated heterocycles. The van der Waals surface area contributed by atoms with E-state index in [1.807, 2.05) is 19.2 Å². The topological polar surface area (TPSA) is 29.1 Å². The lowest BCUT2D eigenvalue weighted by atomic mass is 10.1. The van der Waals surface area contributed by atoms with Crippen molar-refractivity contribution in [3.63, 3.8) is 0 Å². The maximum atomic E-state index is 11.7. The first-order valence-electron chi connectivity index (χ1n) is 5.49. The maximum Gasteiger partial charge on any atom is 0.252 e. The molecule has 0 aliphatic heterocycles. The zero-order valence-corrected chi connectivity index (χ0v) is 10.5. The third-order valence-electron chi connectivity index (χ3n) is 2.60. The Balaban J connectivity index is 2.44. The van der Waals surface area contributed by atoms with Crippen LogP contribution in [0.15, 0.2) is 5.38 Å². The third kappa shape index (κ3) is 3.34. The normalized spacial score (nSPS) is 10.3. The van der Waals surface area contributed by atoms with E-state index in [2.05, 4.69) is 12.2 Å². The SMILES string of the molecule is CCCCCNC(=O)c1csc(C)c1C. The van der Waals surface area contributed by atoms with E-state index in [4.69, 9.17) is 0 Å². The Kier molecular flexibility index (Phi) is 4.82. The molecule has 1 rings (SSSR count). The van der Waals surface area contributed by atoms with Gasteiger partial charge in [-0.1, -0.05) is 19.8 Å². The Morgan fingerprint density at radius 2 is 2.13 bits per heavy atom. The first-order valence-corrected chi connectivity index (χ1v) is 6.37. The summed E-state index contributed by atoms with van der Waals surface area (Å²) in [6.07, 6.45) is 3.44. The number of hydrogen-bond donors (Lipinski definition) is 1. The molecular weight excluding hydrogens is 206 g/mol. The van der Waals surface area contributed by atoms with E-state index in [0.29, 0.717) is 0 Å². The highest BCUT2D eigenvalue weighted by molar-refractivity contribution is 7.10. The van der Waals surface area contributed by atoms with E-state index in [1.165, 1.54) is 17.7 Å². The second kappa shape index (κ2) is 5.91. The average molecular weight is 225 g/mol. The van der Waals surface area contributed by atoms with Crippen LogP contribution in [0.4, 0.5) is 0 Å². The van der Waals surface area contributed by atoms with Crippen LogP contribution in [0.1, 0.15) is 47.0 Å². The predicted octanol–water partition coefficient (Wildman–Crippen LogP) is 3.28. The van der Waals surface area contributed by atoms with Gasteiger partial charge in [-0.2, -0.15) is 0 Å². The highest BCUT2D eigenvalue weighted by Gasteiger charge is 2.11. The van der Waals surface area contributed by atoms with Crippen molar-refractivity contribution in [2.45, 2.75) is 40.0 Å². The van der Waals surface area contributed by atoms with Gasteiger partial charge in [0.2, 0.25) is 0 Å². The number of carbonyl (C=O) groups excluding carboxylic acids is 1. The van der Waals surface area contributed by atoms with E-state index in [9.17, 15) is 4.79 Å². The molecule has 0 radical (unpaired) electrons. The van der Waals surface area contributed by atoms with Gasteiger partial charge >= 0.3 is 0 Å². The predicted molar refractivity (Wildman–Crippen MR) is 65.7 cm³/mol. The molecule has 0 aliphatic carbocycles. The van der Waals surface area contributed by atoms with Gasteiger partial charge in [-0.25, -0.2) is 0 Å². The fraction of sp³-hybridized carbons (Fsp3) is 0.583. The van der Waals surface area contributed by atoms with Crippen molar-refractivity contribution >= 4 is 17.2 Å². The zero-order chi connectivity index (χ0) is 11.3. The second-order valence-corrected chi connectivity index (χ2v) is 4.88. The Bertz CT molecular complexity index is 330. The smallest absolute Gasteiger partial charge is 0.252 e. The molecule has 1 heterocycles. The Hall–Kier alpha value is -0.830. The number of rotatable bonds is 5. The number of thiophene rings is 1. The number of nitrogens with one attached hydrogen (secondary N) is 1. The van der Waals surface area contributed by atoms with Crippen LogP contribution in [0.2, 0.25) is 0 Å². The molecule has 0 bridgehead atoms. The number of aryl methyl sites for hydroxylation is 1. The lowest BCUT2D eigenvalue weighted by molar-refractivity contribution is 0.0953. The molecule has 1 aromatic heterocycles. The van der Waals surface area contributed by atoms with Gasteiger partial charge < -0.3 is 5.32 Å². The summed E-state index contributed by atoms with van der Waals surface area (Å²) >= 11 is 1.64. The molecule has 0 unspecified atom stereocenters. The average Bonchev–Trinajstić information content (AvgIpc) is 2.55. The molecule has 0 spiro atoms. The van der Waals surface area contributed by atoms with Gasteiger partial charge in [0.15, 0.2) is 0 Å². The van der Waals surface area contributed by atoms with Crippen molar-refractivity contribution in [3.8, 4) is 0 Å². The van der Waals surface area contributed by atoms with Crippen molar-refractivity contribution in [2.75, 3.05) is 6.54 Å². The van der Waals surface area contributed by atoms with Gasteiger partial charge in [0.1, 0.15) is 0 Å². The number of amides is 1. The Morgan fingerprint density at radius 1 is 1.40 bits per heavy atom. The Morgan fingerprint density at radius 3 is 2.67 bits per heavy atom. The summed E-state index contributed by atoms with van der Waals surface area (Å²) in [7, 11) is 0. The van der Waals surface area contributed by atoms with E-state index < -0.39 is 0 Å². The lowest BCUT2D eigenvalue weighted by Gasteiger charge is -2.04. The molecule has 3 heteroatoms.